The number of non-ortho nitro benzene ring substituents is 1. The van der Waals surface area contributed by atoms with E-state index in [0.717, 1.165) is 11.1 Å². The van der Waals surface area contributed by atoms with Gasteiger partial charge in [-0.2, -0.15) is 5.26 Å². The van der Waals surface area contributed by atoms with Gasteiger partial charge in [0.05, 0.1) is 12.0 Å². The van der Waals surface area contributed by atoms with Crippen LogP contribution in [0.3, 0.4) is 0 Å². The van der Waals surface area contributed by atoms with Crippen LogP contribution in [0, 0.1) is 21.4 Å². The fourth-order valence-electron chi connectivity index (χ4n) is 2.81. The highest BCUT2D eigenvalue weighted by Gasteiger charge is 2.16. The lowest BCUT2D eigenvalue weighted by Gasteiger charge is -2.16. The van der Waals surface area contributed by atoms with E-state index in [4.69, 9.17) is 9.47 Å². The van der Waals surface area contributed by atoms with Gasteiger partial charge in [-0.05, 0) is 47.9 Å². The largest absolute Gasteiger partial charge is 0.493 e. The lowest BCUT2D eigenvalue weighted by molar-refractivity contribution is -0.384. The zero-order valence-electron chi connectivity index (χ0n) is 17.6. The topological polar surface area (TPSA) is 106 Å². The van der Waals surface area contributed by atoms with Crippen LogP contribution in [-0.2, 0) is 17.8 Å². The van der Waals surface area contributed by atoms with Gasteiger partial charge in [-0.15, -0.1) is 6.58 Å². The number of nitro groups is 1. The Hall–Kier alpha value is -4.12. The molecule has 0 heterocycles. The number of hydrogen-bond donors (Lipinski definition) is 0. The molecule has 2 aromatic carbocycles. The Morgan fingerprint density at radius 2 is 1.97 bits per heavy atom. The summed E-state index contributed by atoms with van der Waals surface area (Å²) in [5, 5.41) is 20.1. The van der Waals surface area contributed by atoms with Gasteiger partial charge in [0, 0.05) is 31.8 Å². The molecule has 0 spiro atoms. The van der Waals surface area contributed by atoms with Gasteiger partial charge in [0.2, 0.25) is 0 Å². The lowest BCUT2D eigenvalue weighted by atomic mass is 10.0. The van der Waals surface area contributed by atoms with Gasteiger partial charge in [-0.25, -0.2) is 0 Å². The van der Waals surface area contributed by atoms with Crippen LogP contribution in [0.2, 0.25) is 0 Å². The number of ether oxygens (including phenoxy) is 2. The van der Waals surface area contributed by atoms with Gasteiger partial charge in [-0.1, -0.05) is 6.08 Å². The Balaban J connectivity index is 2.39. The quantitative estimate of drug-likeness (QED) is 0.200. The van der Waals surface area contributed by atoms with Crippen LogP contribution in [0.15, 0.2) is 54.6 Å². The molecule has 8 heteroatoms. The zero-order valence-corrected chi connectivity index (χ0v) is 17.6. The van der Waals surface area contributed by atoms with E-state index in [2.05, 4.69) is 6.58 Å². The maximum atomic E-state index is 12.2. The number of nitrogens with zero attached hydrogens (tertiary/aromatic N) is 3. The minimum atomic E-state index is -0.460. The molecule has 0 bridgehead atoms. The molecule has 0 aromatic heterocycles. The summed E-state index contributed by atoms with van der Waals surface area (Å²) in [6.07, 6.45) is 3.67. The molecule has 0 fully saturated rings. The fraction of sp³-hybridized carbons (Fsp3) is 0.217. The molecule has 31 heavy (non-hydrogen) atoms. The minimum absolute atomic E-state index is 0.00356. The number of nitriles is 1. The fourth-order valence-corrected chi connectivity index (χ4v) is 2.81. The summed E-state index contributed by atoms with van der Waals surface area (Å²) in [7, 11) is 4.65. The second kappa shape index (κ2) is 10.6. The number of carbonyl (C=O) groups excluding carboxylic acids is 1. The van der Waals surface area contributed by atoms with Crippen molar-refractivity contribution < 1.29 is 19.2 Å². The molecular weight excluding hydrogens is 398 g/mol. The monoisotopic (exact) mass is 421 g/mol. The second-order valence-electron chi connectivity index (χ2n) is 6.79. The summed E-state index contributed by atoms with van der Waals surface area (Å²) >= 11 is 0. The molecule has 0 saturated heterocycles. The van der Waals surface area contributed by atoms with Gasteiger partial charge >= 0.3 is 0 Å². The third kappa shape index (κ3) is 5.93. The van der Waals surface area contributed by atoms with Crippen LogP contribution in [-0.4, -0.2) is 36.9 Å². The van der Waals surface area contributed by atoms with Gasteiger partial charge in [0.25, 0.3) is 11.6 Å². The molecule has 1 amide bonds. The van der Waals surface area contributed by atoms with Crippen molar-refractivity contribution in [3.63, 3.8) is 0 Å². The summed E-state index contributed by atoms with van der Waals surface area (Å²) in [5.41, 5.74) is 2.13. The second-order valence-corrected chi connectivity index (χ2v) is 6.79. The molecule has 0 unspecified atom stereocenters. The van der Waals surface area contributed by atoms with Crippen LogP contribution >= 0.6 is 0 Å². The predicted molar refractivity (Wildman–Crippen MR) is 117 cm³/mol. The van der Waals surface area contributed by atoms with Crippen molar-refractivity contribution in [2.45, 2.75) is 13.0 Å². The van der Waals surface area contributed by atoms with Gasteiger partial charge in [0.1, 0.15) is 18.2 Å². The minimum Gasteiger partial charge on any atom is -0.493 e. The van der Waals surface area contributed by atoms with Crippen molar-refractivity contribution >= 4 is 17.7 Å². The number of carbonyl (C=O) groups is 1. The van der Waals surface area contributed by atoms with Crippen molar-refractivity contribution in [2.24, 2.45) is 0 Å². The molecule has 0 aliphatic heterocycles. The third-order valence-corrected chi connectivity index (χ3v) is 4.34. The highest BCUT2D eigenvalue weighted by molar-refractivity contribution is 6.01. The standard InChI is InChI=1S/C23H23N3O5/c1-5-6-18-11-17(12-19(14-24)23(27)25(2)3)13-21(30-4)22(18)31-15-16-7-9-20(10-8-16)26(28)29/h5,7-13H,1,6,15H2,2-4H3/b19-12-. The van der Waals surface area contributed by atoms with E-state index in [1.807, 2.05) is 6.07 Å². The summed E-state index contributed by atoms with van der Waals surface area (Å²) in [4.78, 5) is 23.8. The Kier molecular flexibility index (Phi) is 7.92. The van der Waals surface area contributed by atoms with Crippen LogP contribution in [0.5, 0.6) is 11.5 Å². The Bertz CT molecular complexity index is 1050. The van der Waals surface area contributed by atoms with Crippen molar-refractivity contribution in [3.8, 4) is 17.6 Å². The number of hydrogen-bond acceptors (Lipinski definition) is 6. The van der Waals surface area contributed by atoms with Crippen LogP contribution in [0.25, 0.3) is 6.08 Å². The highest BCUT2D eigenvalue weighted by atomic mass is 16.6. The molecule has 160 valence electrons. The molecule has 0 aliphatic carbocycles. The average molecular weight is 421 g/mol. The first kappa shape index (κ1) is 23.2. The molecule has 0 aliphatic rings. The molecule has 0 radical (unpaired) electrons. The lowest BCUT2D eigenvalue weighted by Crippen LogP contribution is -2.22. The maximum Gasteiger partial charge on any atom is 0.269 e. The van der Waals surface area contributed by atoms with E-state index in [1.54, 1.807) is 44.4 Å². The van der Waals surface area contributed by atoms with Crippen molar-refractivity contribution in [1.82, 2.24) is 4.90 Å². The van der Waals surface area contributed by atoms with E-state index in [0.29, 0.717) is 23.5 Å². The smallest absolute Gasteiger partial charge is 0.269 e. The first-order valence-electron chi connectivity index (χ1n) is 9.32. The number of likely N-dealkylation sites (N-methyl/N-ethyl adjacent to an activating group) is 1. The van der Waals surface area contributed by atoms with Gasteiger partial charge < -0.3 is 14.4 Å². The van der Waals surface area contributed by atoms with E-state index in [9.17, 15) is 20.2 Å². The Morgan fingerprint density at radius 1 is 1.29 bits per heavy atom. The predicted octanol–water partition coefficient (Wildman–Crippen LogP) is 3.91. The molecular formula is C23H23N3O5. The van der Waals surface area contributed by atoms with Crippen molar-refractivity contribution in [1.29, 1.82) is 5.26 Å². The number of allylic oxidation sites excluding steroid dienone is 1. The first-order valence-corrected chi connectivity index (χ1v) is 9.32. The van der Waals surface area contributed by atoms with E-state index >= 15 is 0 Å². The molecule has 2 rings (SSSR count). The van der Waals surface area contributed by atoms with Gasteiger partial charge in [-0.3, -0.25) is 14.9 Å². The number of methoxy groups -OCH3 is 1. The van der Waals surface area contributed by atoms with Crippen molar-refractivity contribution in [2.75, 3.05) is 21.2 Å². The number of benzene rings is 2. The van der Waals surface area contributed by atoms with E-state index < -0.39 is 10.8 Å². The van der Waals surface area contributed by atoms with Crippen LogP contribution in [0.1, 0.15) is 16.7 Å². The third-order valence-electron chi connectivity index (χ3n) is 4.34. The molecule has 0 saturated carbocycles. The normalized spacial score (nSPS) is 10.7. The molecule has 8 nitrogen and oxygen atoms in total. The van der Waals surface area contributed by atoms with Crippen LogP contribution in [0.4, 0.5) is 5.69 Å². The molecule has 2 aromatic rings. The van der Waals surface area contributed by atoms with Crippen molar-refractivity contribution in [3.05, 3.63) is 81.4 Å². The van der Waals surface area contributed by atoms with Gasteiger partial charge in [0.15, 0.2) is 11.5 Å². The summed E-state index contributed by atoms with van der Waals surface area (Å²) < 4.78 is 11.4. The molecule has 0 atom stereocenters. The highest BCUT2D eigenvalue weighted by Crippen LogP contribution is 2.35. The van der Waals surface area contributed by atoms with Crippen LogP contribution < -0.4 is 9.47 Å². The SMILES string of the molecule is C=CCc1cc(/C=C(/C#N)C(=O)N(C)C)cc(OC)c1OCc1ccc([N+](=O)[O-])cc1. The molecule has 0 N–H and O–H groups in total. The number of amides is 1. The maximum absolute atomic E-state index is 12.2. The number of nitro benzene ring substituents is 1. The average Bonchev–Trinajstić information content (AvgIpc) is 2.76. The summed E-state index contributed by atoms with van der Waals surface area (Å²) in [6, 6.07) is 11.5. The zero-order chi connectivity index (χ0) is 23.0. The summed E-state index contributed by atoms with van der Waals surface area (Å²) in [5.74, 6) is 0.530. The Morgan fingerprint density at radius 3 is 2.48 bits per heavy atom. The van der Waals surface area contributed by atoms with E-state index in [1.165, 1.54) is 30.2 Å². The summed E-state index contributed by atoms with van der Waals surface area (Å²) in [6.45, 7) is 3.94. The Labute approximate surface area is 180 Å². The first-order chi connectivity index (χ1) is 14.8. The van der Waals surface area contributed by atoms with E-state index in [-0.39, 0.29) is 17.9 Å². The number of rotatable bonds is 9.